The van der Waals surface area contributed by atoms with Crippen molar-refractivity contribution >= 4 is 26.9 Å². The highest BCUT2D eigenvalue weighted by Gasteiger charge is 2.20. The summed E-state index contributed by atoms with van der Waals surface area (Å²) in [6, 6.07) is 8.99. The van der Waals surface area contributed by atoms with Crippen molar-refractivity contribution in [3.8, 4) is 11.3 Å². The Morgan fingerprint density at radius 1 is 1.20 bits per heavy atom. The first kappa shape index (κ1) is 13.2. The summed E-state index contributed by atoms with van der Waals surface area (Å²) in [6.45, 7) is 3.99. The lowest BCUT2D eigenvalue weighted by atomic mass is 10.0. The largest absolute Gasteiger partial charge is 0.464 e. The Balaban J connectivity index is 2.44. The smallest absolute Gasteiger partial charge is 0.204 e. The summed E-state index contributed by atoms with van der Waals surface area (Å²) in [7, 11) is 0. The minimum Gasteiger partial charge on any atom is -0.464 e. The Bertz CT molecular complexity index is 814. The van der Waals surface area contributed by atoms with E-state index in [2.05, 4.69) is 15.9 Å². The highest BCUT2D eigenvalue weighted by molar-refractivity contribution is 9.10. The van der Waals surface area contributed by atoms with Crippen LogP contribution in [0.4, 0.5) is 0 Å². The molecule has 4 heteroatoms. The van der Waals surface area contributed by atoms with E-state index in [0.29, 0.717) is 28.1 Å². The zero-order chi connectivity index (χ0) is 14.3. The van der Waals surface area contributed by atoms with Crippen LogP contribution in [0.5, 0.6) is 0 Å². The van der Waals surface area contributed by atoms with Crippen LogP contribution in [0.2, 0.25) is 0 Å². The minimum absolute atomic E-state index is 0.0637. The second kappa shape index (κ2) is 4.94. The molecule has 0 fully saturated rings. The Kier molecular flexibility index (Phi) is 3.26. The van der Waals surface area contributed by atoms with Gasteiger partial charge >= 0.3 is 0 Å². The first-order valence-electron chi connectivity index (χ1n) is 6.38. The third-order valence-electron chi connectivity index (χ3n) is 3.17. The van der Waals surface area contributed by atoms with Crippen molar-refractivity contribution in [2.75, 3.05) is 0 Å². The van der Waals surface area contributed by atoms with Gasteiger partial charge in [-0.1, -0.05) is 29.8 Å². The third-order valence-corrected chi connectivity index (χ3v) is 3.66. The number of hydrogen-bond acceptors (Lipinski definition) is 3. The fourth-order valence-corrected chi connectivity index (χ4v) is 2.61. The molecule has 0 N–H and O–H groups in total. The molecule has 3 nitrogen and oxygen atoms in total. The molecule has 20 heavy (non-hydrogen) atoms. The monoisotopic (exact) mass is 332 g/mol. The molecule has 0 amide bonds. The van der Waals surface area contributed by atoms with E-state index in [1.54, 1.807) is 30.5 Å². The number of rotatable bonds is 2. The molecule has 0 atom stereocenters. The number of hydrogen-bond donors (Lipinski definition) is 0. The van der Waals surface area contributed by atoms with E-state index < -0.39 is 0 Å². The number of halogens is 1. The Morgan fingerprint density at radius 3 is 2.65 bits per heavy atom. The van der Waals surface area contributed by atoms with Gasteiger partial charge in [0, 0.05) is 10.4 Å². The van der Waals surface area contributed by atoms with Gasteiger partial charge in [-0.05, 0) is 30.3 Å². The van der Waals surface area contributed by atoms with E-state index >= 15 is 0 Å². The molecular weight excluding hydrogens is 320 g/mol. The maximum atomic E-state index is 12.8. The highest BCUT2D eigenvalue weighted by Crippen LogP contribution is 2.30. The molecule has 102 valence electrons. The lowest BCUT2D eigenvalue weighted by molar-refractivity contribution is 0.504. The first-order valence-corrected chi connectivity index (χ1v) is 7.17. The normalized spacial score (nSPS) is 11.4. The van der Waals surface area contributed by atoms with Gasteiger partial charge in [0.2, 0.25) is 5.43 Å². The summed E-state index contributed by atoms with van der Waals surface area (Å²) < 4.78 is 12.2. The molecule has 0 bridgehead atoms. The maximum absolute atomic E-state index is 12.8. The van der Waals surface area contributed by atoms with Gasteiger partial charge in [-0.2, -0.15) is 0 Å². The molecule has 2 aromatic heterocycles. The average molecular weight is 333 g/mol. The van der Waals surface area contributed by atoms with Crippen molar-refractivity contribution in [1.82, 2.24) is 0 Å². The van der Waals surface area contributed by atoms with Gasteiger partial charge in [-0.15, -0.1) is 0 Å². The average Bonchev–Trinajstić information content (AvgIpc) is 2.92. The summed E-state index contributed by atoms with van der Waals surface area (Å²) in [5.74, 6) is 1.29. The van der Waals surface area contributed by atoms with Crippen LogP contribution in [0.1, 0.15) is 25.5 Å². The first-order chi connectivity index (χ1) is 9.58. The van der Waals surface area contributed by atoms with Gasteiger partial charge in [-0.3, -0.25) is 4.79 Å². The maximum Gasteiger partial charge on any atom is 0.204 e. The topological polar surface area (TPSA) is 43.4 Å². The summed E-state index contributed by atoms with van der Waals surface area (Å²) >= 11 is 3.38. The number of furan rings is 1. The van der Waals surface area contributed by atoms with E-state index in [4.69, 9.17) is 8.83 Å². The minimum atomic E-state index is -0.0637. The van der Waals surface area contributed by atoms with E-state index in [0.717, 1.165) is 4.47 Å². The summed E-state index contributed by atoms with van der Waals surface area (Å²) in [4.78, 5) is 12.8. The van der Waals surface area contributed by atoms with Crippen LogP contribution in [0.25, 0.3) is 22.3 Å². The highest BCUT2D eigenvalue weighted by atomic mass is 79.9. The van der Waals surface area contributed by atoms with Crippen molar-refractivity contribution in [1.29, 1.82) is 0 Å². The molecule has 0 radical (unpaired) electrons. The van der Waals surface area contributed by atoms with Crippen molar-refractivity contribution < 1.29 is 8.83 Å². The lowest BCUT2D eigenvalue weighted by Gasteiger charge is -2.11. The van der Waals surface area contributed by atoms with Crippen molar-refractivity contribution in [3.63, 3.8) is 0 Å². The molecular formula is C16H13BrO3. The predicted molar refractivity (Wildman–Crippen MR) is 82.0 cm³/mol. The van der Waals surface area contributed by atoms with Crippen LogP contribution in [0.3, 0.4) is 0 Å². The molecule has 3 rings (SSSR count). The van der Waals surface area contributed by atoms with Gasteiger partial charge in [0.25, 0.3) is 0 Å². The predicted octanol–water partition coefficient (Wildman–Crippen LogP) is 4.94. The van der Waals surface area contributed by atoms with Gasteiger partial charge < -0.3 is 8.83 Å². The molecule has 0 aliphatic rings. The van der Waals surface area contributed by atoms with E-state index in [-0.39, 0.29) is 11.3 Å². The van der Waals surface area contributed by atoms with Crippen LogP contribution >= 0.6 is 15.9 Å². The van der Waals surface area contributed by atoms with Crippen molar-refractivity contribution in [3.05, 3.63) is 57.1 Å². The second-order valence-electron chi connectivity index (χ2n) is 4.94. The van der Waals surface area contributed by atoms with Gasteiger partial charge in [0.05, 0.1) is 11.6 Å². The van der Waals surface area contributed by atoms with Gasteiger partial charge in [0.15, 0.2) is 0 Å². The fraction of sp³-hybridized carbons (Fsp3) is 0.188. The van der Waals surface area contributed by atoms with Crippen LogP contribution in [0.15, 0.2) is 54.7 Å². The zero-order valence-corrected chi connectivity index (χ0v) is 12.7. The molecule has 0 aliphatic carbocycles. The van der Waals surface area contributed by atoms with Crippen LogP contribution < -0.4 is 5.43 Å². The standard InChI is InChI=1S/C16H13BrO3/c1-9(2)16-14(13-4-3-7-19-13)15(18)11-8-10(17)5-6-12(11)20-16/h3-9H,1-2H3. The Hall–Kier alpha value is -1.81. The Morgan fingerprint density at radius 2 is 2.00 bits per heavy atom. The van der Waals surface area contributed by atoms with Crippen LogP contribution in [-0.2, 0) is 0 Å². The van der Waals surface area contributed by atoms with Crippen molar-refractivity contribution in [2.45, 2.75) is 19.8 Å². The number of benzene rings is 1. The molecule has 0 unspecified atom stereocenters. The molecule has 0 spiro atoms. The molecule has 1 aromatic carbocycles. The SMILES string of the molecule is CC(C)c1oc2ccc(Br)cc2c(=O)c1-c1ccco1. The van der Waals surface area contributed by atoms with Crippen LogP contribution in [-0.4, -0.2) is 0 Å². The molecule has 0 saturated heterocycles. The molecule has 3 aromatic rings. The lowest BCUT2D eigenvalue weighted by Crippen LogP contribution is -2.09. The van der Waals surface area contributed by atoms with Gasteiger partial charge in [-0.25, -0.2) is 0 Å². The van der Waals surface area contributed by atoms with Crippen molar-refractivity contribution in [2.24, 2.45) is 0 Å². The van der Waals surface area contributed by atoms with E-state index in [1.807, 2.05) is 19.9 Å². The molecule has 0 saturated carbocycles. The van der Waals surface area contributed by atoms with E-state index in [1.165, 1.54) is 0 Å². The second-order valence-corrected chi connectivity index (χ2v) is 5.86. The Labute approximate surface area is 124 Å². The van der Waals surface area contributed by atoms with Gasteiger partial charge in [0.1, 0.15) is 22.7 Å². The van der Waals surface area contributed by atoms with Crippen LogP contribution in [0, 0.1) is 0 Å². The third kappa shape index (κ3) is 2.10. The molecule has 2 heterocycles. The van der Waals surface area contributed by atoms with E-state index in [9.17, 15) is 4.79 Å². The summed E-state index contributed by atoms with van der Waals surface area (Å²) in [5.41, 5.74) is 1.04. The zero-order valence-electron chi connectivity index (χ0n) is 11.1. The fourth-order valence-electron chi connectivity index (χ4n) is 2.25. The summed E-state index contributed by atoms with van der Waals surface area (Å²) in [6.07, 6.45) is 1.56. The molecule has 0 aliphatic heterocycles. The number of fused-ring (bicyclic) bond motifs is 1. The summed E-state index contributed by atoms with van der Waals surface area (Å²) in [5, 5.41) is 0.551. The quantitative estimate of drug-likeness (QED) is 0.667.